The smallest absolute Gasteiger partial charge is 0.254 e. The lowest BCUT2D eigenvalue weighted by atomic mass is 10.00. The summed E-state index contributed by atoms with van der Waals surface area (Å²) in [6.45, 7) is 1.33. The molecule has 36 heavy (non-hydrogen) atoms. The highest BCUT2D eigenvalue weighted by atomic mass is 32.1. The molecular weight excluding hydrogens is 479 g/mol. The third-order valence-electron chi connectivity index (χ3n) is 6.72. The van der Waals surface area contributed by atoms with Crippen LogP contribution in [0.5, 0.6) is 11.5 Å². The van der Waals surface area contributed by atoms with E-state index in [2.05, 4.69) is 0 Å². The van der Waals surface area contributed by atoms with E-state index in [1.54, 1.807) is 59.7 Å². The number of hydrogen-bond donors (Lipinski definition) is 0. The van der Waals surface area contributed by atoms with Gasteiger partial charge in [-0.25, -0.2) is 4.39 Å². The average molecular weight is 509 g/mol. The largest absolute Gasteiger partial charge is 0.497 e. The maximum atomic E-state index is 13.7. The van der Waals surface area contributed by atoms with E-state index in [-0.39, 0.29) is 36.8 Å². The summed E-state index contributed by atoms with van der Waals surface area (Å²) in [6.07, 6.45) is 2.91. The molecule has 1 atom stereocenters. The summed E-state index contributed by atoms with van der Waals surface area (Å²) < 4.78 is 24.9. The molecule has 2 heterocycles. The fraction of sp³-hybridized carbons (Fsp3) is 0.357. The van der Waals surface area contributed by atoms with Crippen molar-refractivity contribution in [1.82, 2.24) is 9.80 Å². The zero-order valence-corrected chi connectivity index (χ0v) is 21.0. The van der Waals surface area contributed by atoms with Crippen molar-refractivity contribution in [3.63, 3.8) is 0 Å². The van der Waals surface area contributed by atoms with Gasteiger partial charge in [-0.1, -0.05) is 12.1 Å². The zero-order valence-electron chi connectivity index (χ0n) is 20.2. The Hall–Kier alpha value is -3.39. The van der Waals surface area contributed by atoms with Gasteiger partial charge < -0.3 is 19.3 Å². The van der Waals surface area contributed by atoms with Gasteiger partial charge in [-0.2, -0.15) is 0 Å². The van der Waals surface area contributed by atoms with Crippen molar-refractivity contribution in [2.75, 3.05) is 33.4 Å². The fourth-order valence-electron chi connectivity index (χ4n) is 4.63. The summed E-state index contributed by atoms with van der Waals surface area (Å²) in [5.74, 6) is 0.811. The molecule has 1 aliphatic carbocycles. The number of hydrogen-bond acceptors (Lipinski definition) is 5. The van der Waals surface area contributed by atoms with Crippen LogP contribution >= 0.6 is 11.3 Å². The maximum Gasteiger partial charge on any atom is 0.254 e. The highest BCUT2D eigenvalue weighted by molar-refractivity contribution is 7.10. The van der Waals surface area contributed by atoms with Crippen molar-refractivity contribution in [1.29, 1.82) is 0 Å². The first-order chi connectivity index (χ1) is 17.5. The van der Waals surface area contributed by atoms with Crippen molar-refractivity contribution in [3.05, 3.63) is 81.8 Å². The highest BCUT2D eigenvalue weighted by Crippen LogP contribution is 2.35. The molecule has 1 aromatic heterocycles. The van der Waals surface area contributed by atoms with Crippen LogP contribution in [-0.4, -0.2) is 55.0 Å². The normalized spacial score (nSPS) is 16.8. The number of ether oxygens (including phenoxy) is 2. The number of benzene rings is 2. The van der Waals surface area contributed by atoms with E-state index in [4.69, 9.17) is 9.47 Å². The third-order valence-corrected chi connectivity index (χ3v) is 7.72. The number of methoxy groups -OCH3 is 1. The molecule has 2 aromatic carbocycles. The number of rotatable bonds is 9. The lowest BCUT2D eigenvalue weighted by Crippen LogP contribution is -2.48. The Morgan fingerprint density at radius 2 is 1.92 bits per heavy atom. The van der Waals surface area contributed by atoms with Crippen LogP contribution in [0, 0.1) is 11.7 Å². The van der Waals surface area contributed by atoms with Crippen LogP contribution < -0.4 is 9.47 Å². The van der Waals surface area contributed by atoms with Gasteiger partial charge in [0.2, 0.25) is 5.91 Å². The van der Waals surface area contributed by atoms with Gasteiger partial charge in [-0.05, 0) is 72.5 Å². The summed E-state index contributed by atoms with van der Waals surface area (Å²) in [4.78, 5) is 31.8. The molecule has 1 fully saturated rings. The molecule has 2 aliphatic rings. The molecule has 5 rings (SSSR count). The first-order valence-corrected chi connectivity index (χ1v) is 13.1. The number of carbonyl (C=O) groups excluding carboxylic acids is 2. The van der Waals surface area contributed by atoms with Crippen LogP contribution in [0.3, 0.4) is 0 Å². The molecule has 6 nitrogen and oxygen atoms in total. The van der Waals surface area contributed by atoms with E-state index in [1.807, 2.05) is 16.3 Å². The zero-order chi connectivity index (χ0) is 25.1. The molecule has 3 aromatic rings. The number of halogens is 1. The van der Waals surface area contributed by atoms with Crippen LogP contribution in [0.4, 0.5) is 4.39 Å². The molecule has 0 bridgehead atoms. The number of nitrogens with zero attached hydrogens (tertiary/aromatic N) is 2. The Bertz CT molecular complexity index is 1240. The topological polar surface area (TPSA) is 59.1 Å². The highest BCUT2D eigenvalue weighted by Gasteiger charge is 2.35. The van der Waals surface area contributed by atoms with E-state index in [0.29, 0.717) is 36.1 Å². The van der Waals surface area contributed by atoms with Gasteiger partial charge in [0.25, 0.3) is 5.91 Å². The molecule has 8 heteroatoms. The molecule has 0 spiro atoms. The molecule has 2 amide bonds. The van der Waals surface area contributed by atoms with E-state index in [1.165, 1.54) is 17.0 Å². The van der Waals surface area contributed by atoms with Crippen molar-refractivity contribution in [2.45, 2.75) is 25.3 Å². The van der Waals surface area contributed by atoms with Crippen molar-refractivity contribution in [3.8, 4) is 11.5 Å². The van der Waals surface area contributed by atoms with Crippen molar-refractivity contribution >= 4 is 23.2 Å². The lowest BCUT2D eigenvalue weighted by Gasteiger charge is -2.37. The molecule has 188 valence electrons. The monoisotopic (exact) mass is 508 g/mol. The number of fused-ring (bicyclic) bond motifs is 1. The van der Waals surface area contributed by atoms with Gasteiger partial charge in [0, 0.05) is 29.6 Å². The Kier molecular flexibility index (Phi) is 7.23. The first kappa shape index (κ1) is 24.3. The van der Waals surface area contributed by atoms with Gasteiger partial charge in [-0.3, -0.25) is 9.59 Å². The van der Waals surface area contributed by atoms with Crippen LogP contribution in [0.25, 0.3) is 0 Å². The Morgan fingerprint density at radius 1 is 1.11 bits per heavy atom. The summed E-state index contributed by atoms with van der Waals surface area (Å²) in [7, 11) is 1.57. The summed E-state index contributed by atoms with van der Waals surface area (Å²) in [5.41, 5.74) is 1.57. The second-order valence-electron chi connectivity index (χ2n) is 9.28. The van der Waals surface area contributed by atoms with E-state index >= 15 is 0 Å². The van der Waals surface area contributed by atoms with Gasteiger partial charge in [0.05, 0.1) is 13.2 Å². The van der Waals surface area contributed by atoms with E-state index < -0.39 is 0 Å². The number of carbonyl (C=O) groups is 2. The molecular formula is C28H29FN2O4S. The van der Waals surface area contributed by atoms with Crippen molar-refractivity contribution < 1.29 is 23.5 Å². The minimum Gasteiger partial charge on any atom is -0.497 e. The fourth-order valence-corrected chi connectivity index (χ4v) is 5.56. The van der Waals surface area contributed by atoms with Gasteiger partial charge >= 0.3 is 0 Å². The Labute approximate surface area is 214 Å². The molecule has 0 saturated heterocycles. The second-order valence-corrected chi connectivity index (χ2v) is 10.3. The van der Waals surface area contributed by atoms with Crippen LogP contribution in [0.15, 0.2) is 60.0 Å². The summed E-state index contributed by atoms with van der Waals surface area (Å²) in [6, 6.07) is 14.8. The number of thiophene rings is 1. The third kappa shape index (κ3) is 5.54. The Balaban J connectivity index is 1.34. The quantitative estimate of drug-likeness (QED) is 0.410. The predicted octanol–water partition coefficient (Wildman–Crippen LogP) is 4.95. The molecule has 0 radical (unpaired) electrons. The Morgan fingerprint density at radius 3 is 2.69 bits per heavy atom. The number of amides is 2. The lowest BCUT2D eigenvalue weighted by molar-refractivity contribution is -0.135. The minimum atomic E-state index is -0.368. The maximum absolute atomic E-state index is 13.7. The molecule has 1 aliphatic heterocycles. The molecule has 0 N–H and O–H groups in total. The van der Waals surface area contributed by atoms with Crippen LogP contribution in [0.1, 0.15) is 39.7 Å². The minimum absolute atomic E-state index is 0.00246. The second kappa shape index (κ2) is 10.7. The van der Waals surface area contributed by atoms with Crippen LogP contribution in [0.2, 0.25) is 0 Å². The van der Waals surface area contributed by atoms with Gasteiger partial charge in [-0.15, -0.1) is 11.3 Å². The van der Waals surface area contributed by atoms with Gasteiger partial charge in [0.15, 0.2) is 0 Å². The average Bonchev–Trinajstić information content (AvgIpc) is 3.58. The van der Waals surface area contributed by atoms with E-state index in [0.717, 1.165) is 24.8 Å². The molecule has 1 saturated carbocycles. The van der Waals surface area contributed by atoms with Crippen LogP contribution in [-0.2, 0) is 11.2 Å². The standard InChI is InChI=1S/C28H29FN2O4S/c1-34-22-6-2-4-20(14-22)28(33)30(16-19-8-9-19)17-27(32)31-12-10-26-24(11-13-36-26)25(31)18-35-23-7-3-5-21(29)15-23/h2-7,11,13-15,19,25H,8-10,12,16-18H2,1H3/t25-/m1/s1. The molecule has 0 unspecified atom stereocenters. The SMILES string of the molecule is COc1cccc(C(=O)N(CC(=O)N2CCc3sccc3[C@H]2COc2cccc(F)c2)CC2CC2)c1. The van der Waals surface area contributed by atoms with Gasteiger partial charge in [0.1, 0.15) is 30.5 Å². The predicted molar refractivity (Wildman–Crippen MR) is 136 cm³/mol. The van der Waals surface area contributed by atoms with Crippen molar-refractivity contribution in [2.24, 2.45) is 5.92 Å². The first-order valence-electron chi connectivity index (χ1n) is 12.2. The summed E-state index contributed by atoms with van der Waals surface area (Å²) in [5, 5.41) is 2.03. The van der Waals surface area contributed by atoms with E-state index in [9.17, 15) is 14.0 Å². The summed E-state index contributed by atoms with van der Waals surface area (Å²) >= 11 is 1.67.